The largest absolute Gasteiger partial charge is 0.393 e. The zero-order chi connectivity index (χ0) is 11.8. The monoisotopic (exact) mass is 256 g/mol. The van der Waals surface area contributed by atoms with Gasteiger partial charge in [0.1, 0.15) is 5.82 Å². The molecule has 1 saturated heterocycles. The number of hydrogen-bond donors (Lipinski definition) is 1. The van der Waals surface area contributed by atoms with Crippen LogP contribution in [0.2, 0.25) is 5.15 Å². The normalized spacial score (nSPS) is 25.9. The summed E-state index contributed by atoms with van der Waals surface area (Å²) < 4.78 is 7.59. The summed E-state index contributed by atoms with van der Waals surface area (Å²) in [5.41, 5.74) is 1.01. The highest BCUT2D eigenvalue weighted by molar-refractivity contribution is 6.30. The van der Waals surface area contributed by atoms with Crippen LogP contribution in [0.25, 0.3) is 0 Å². The fourth-order valence-electron chi connectivity index (χ4n) is 2.79. The summed E-state index contributed by atoms with van der Waals surface area (Å²) in [7, 11) is 0. The highest BCUT2D eigenvalue weighted by Crippen LogP contribution is 2.32. The van der Waals surface area contributed by atoms with E-state index in [0.29, 0.717) is 17.5 Å². The summed E-state index contributed by atoms with van der Waals surface area (Å²) in [5.74, 6) is 1.56. The third kappa shape index (κ3) is 2.09. The van der Waals surface area contributed by atoms with Gasteiger partial charge >= 0.3 is 0 Å². The van der Waals surface area contributed by atoms with E-state index in [1.165, 1.54) is 0 Å². The number of aromatic nitrogens is 2. The van der Waals surface area contributed by atoms with Crippen molar-refractivity contribution >= 4 is 11.6 Å². The maximum Gasteiger partial charge on any atom is 0.150 e. The van der Waals surface area contributed by atoms with Gasteiger partial charge in [-0.2, -0.15) is 0 Å². The molecule has 0 aliphatic carbocycles. The molecule has 1 atom stereocenters. The van der Waals surface area contributed by atoms with Gasteiger partial charge in [-0.25, -0.2) is 4.98 Å². The maximum absolute atomic E-state index is 9.68. The van der Waals surface area contributed by atoms with Crippen LogP contribution in [-0.4, -0.2) is 34.0 Å². The molecule has 3 heterocycles. The molecule has 5 heteroatoms. The van der Waals surface area contributed by atoms with Gasteiger partial charge in [0.2, 0.25) is 0 Å². The van der Waals surface area contributed by atoms with Gasteiger partial charge in [0, 0.05) is 32.1 Å². The SMILES string of the molecule is OC1CCn2c(C3CCOCC3)nc(Cl)c2C1. The van der Waals surface area contributed by atoms with Crippen molar-refractivity contribution in [3.8, 4) is 0 Å². The Balaban J connectivity index is 1.92. The predicted molar refractivity (Wildman–Crippen MR) is 64.4 cm³/mol. The Morgan fingerprint density at radius 1 is 1.29 bits per heavy atom. The standard InChI is InChI=1S/C12H17ClN2O2/c13-11-10-7-9(16)1-4-15(10)12(14-11)8-2-5-17-6-3-8/h8-9,16H,1-7H2. The first-order chi connectivity index (χ1) is 8.25. The second kappa shape index (κ2) is 4.59. The van der Waals surface area contributed by atoms with E-state index in [-0.39, 0.29) is 6.10 Å². The van der Waals surface area contributed by atoms with Crippen molar-refractivity contribution in [2.45, 2.75) is 44.2 Å². The zero-order valence-corrected chi connectivity index (χ0v) is 10.5. The second-order valence-corrected chi connectivity index (χ2v) is 5.25. The molecule has 1 aromatic rings. The molecular weight excluding hydrogens is 240 g/mol. The van der Waals surface area contributed by atoms with Crippen LogP contribution in [0.5, 0.6) is 0 Å². The van der Waals surface area contributed by atoms with Gasteiger partial charge in [0.25, 0.3) is 0 Å². The molecule has 3 rings (SSSR count). The van der Waals surface area contributed by atoms with Crippen LogP contribution in [0.4, 0.5) is 0 Å². The quantitative estimate of drug-likeness (QED) is 0.833. The summed E-state index contributed by atoms with van der Waals surface area (Å²) in [5, 5.41) is 10.3. The van der Waals surface area contributed by atoms with E-state index in [4.69, 9.17) is 16.3 Å². The average Bonchev–Trinajstić information content (AvgIpc) is 2.68. The maximum atomic E-state index is 9.68. The highest BCUT2D eigenvalue weighted by Gasteiger charge is 2.28. The molecule has 1 N–H and O–H groups in total. The molecular formula is C12H17ClN2O2. The molecule has 1 unspecified atom stereocenters. The molecule has 2 aliphatic rings. The van der Waals surface area contributed by atoms with Crippen LogP contribution >= 0.6 is 11.6 Å². The van der Waals surface area contributed by atoms with E-state index < -0.39 is 0 Å². The third-order valence-corrected chi connectivity index (χ3v) is 4.06. The first-order valence-corrected chi connectivity index (χ1v) is 6.64. The van der Waals surface area contributed by atoms with Gasteiger partial charge in [0.15, 0.2) is 5.15 Å². The molecule has 0 aromatic carbocycles. The molecule has 17 heavy (non-hydrogen) atoms. The lowest BCUT2D eigenvalue weighted by molar-refractivity contribution is 0.0817. The molecule has 2 aliphatic heterocycles. The molecule has 0 saturated carbocycles. The summed E-state index contributed by atoms with van der Waals surface area (Å²) >= 11 is 6.17. The minimum atomic E-state index is -0.265. The average molecular weight is 257 g/mol. The number of hydrogen-bond acceptors (Lipinski definition) is 3. The lowest BCUT2D eigenvalue weighted by Crippen LogP contribution is -2.26. The van der Waals surface area contributed by atoms with Crippen LogP contribution < -0.4 is 0 Å². The summed E-state index contributed by atoms with van der Waals surface area (Å²) in [6, 6.07) is 0. The zero-order valence-electron chi connectivity index (χ0n) is 9.73. The summed E-state index contributed by atoms with van der Waals surface area (Å²) in [6.45, 7) is 2.46. The number of aliphatic hydroxyl groups is 1. The van der Waals surface area contributed by atoms with Crippen LogP contribution in [0.3, 0.4) is 0 Å². The van der Waals surface area contributed by atoms with E-state index in [1.54, 1.807) is 0 Å². The molecule has 0 radical (unpaired) electrons. The molecule has 0 bridgehead atoms. The topological polar surface area (TPSA) is 47.3 Å². The Hall–Kier alpha value is -0.580. The number of aliphatic hydroxyl groups excluding tert-OH is 1. The fourth-order valence-corrected chi connectivity index (χ4v) is 3.06. The van der Waals surface area contributed by atoms with Crippen molar-refractivity contribution in [2.75, 3.05) is 13.2 Å². The summed E-state index contributed by atoms with van der Waals surface area (Å²) in [4.78, 5) is 4.51. The van der Waals surface area contributed by atoms with E-state index >= 15 is 0 Å². The lowest BCUT2D eigenvalue weighted by atomic mass is 9.98. The molecule has 94 valence electrons. The first-order valence-electron chi connectivity index (χ1n) is 6.26. The first kappa shape index (κ1) is 11.5. The van der Waals surface area contributed by atoms with Crippen molar-refractivity contribution in [3.63, 3.8) is 0 Å². The minimum Gasteiger partial charge on any atom is -0.393 e. The van der Waals surface area contributed by atoms with Crippen LogP contribution in [0.1, 0.15) is 36.7 Å². The van der Waals surface area contributed by atoms with Gasteiger partial charge < -0.3 is 14.4 Å². The van der Waals surface area contributed by atoms with Gasteiger partial charge in [-0.3, -0.25) is 0 Å². The lowest BCUT2D eigenvalue weighted by Gasteiger charge is -2.26. The third-order valence-electron chi connectivity index (χ3n) is 3.75. The number of halogens is 1. The smallest absolute Gasteiger partial charge is 0.150 e. The fraction of sp³-hybridized carbons (Fsp3) is 0.750. The number of nitrogens with zero attached hydrogens (tertiary/aromatic N) is 2. The van der Waals surface area contributed by atoms with Crippen LogP contribution in [0, 0.1) is 0 Å². The minimum absolute atomic E-state index is 0.265. The van der Waals surface area contributed by atoms with E-state index in [1.807, 2.05) is 0 Å². The van der Waals surface area contributed by atoms with Crippen molar-refractivity contribution in [1.29, 1.82) is 0 Å². The van der Waals surface area contributed by atoms with Crippen LogP contribution in [0.15, 0.2) is 0 Å². The predicted octanol–water partition coefficient (Wildman–Crippen LogP) is 1.74. The van der Waals surface area contributed by atoms with E-state index in [0.717, 1.165) is 50.5 Å². The van der Waals surface area contributed by atoms with E-state index in [2.05, 4.69) is 9.55 Å². The number of fused-ring (bicyclic) bond motifs is 1. The van der Waals surface area contributed by atoms with Gasteiger partial charge in [-0.05, 0) is 19.3 Å². The number of rotatable bonds is 1. The Bertz CT molecular complexity index is 413. The second-order valence-electron chi connectivity index (χ2n) is 4.89. The number of imidazole rings is 1. The van der Waals surface area contributed by atoms with Crippen LogP contribution in [-0.2, 0) is 17.7 Å². The molecule has 1 fully saturated rings. The molecule has 4 nitrogen and oxygen atoms in total. The van der Waals surface area contributed by atoms with Crippen molar-refractivity contribution in [1.82, 2.24) is 9.55 Å². The molecule has 1 aromatic heterocycles. The Morgan fingerprint density at radius 3 is 2.82 bits per heavy atom. The molecule has 0 amide bonds. The van der Waals surface area contributed by atoms with Crippen molar-refractivity contribution in [2.24, 2.45) is 0 Å². The van der Waals surface area contributed by atoms with Gasteiger partial charge in [-0.1, -0.05) is 11.6 Å². The van der Waals surface area contributed by atoms with Gasteiger partial charge in [0.05, 0.1) is 11.8 Å². The van der Waals surface area contributed by atoms with Crippen molar-refractivity contribution in [3.05, 3.63) is 16.7 Å². The number of ether oxygens (including phenoxy) is 1. The Morgan fingerprint density at radius 2 is 2.06 bits per heavy atom. The van der Waals surface area contributed by atoms with Gasteiger partial charge in [-0.15, -0.1) is 0 Å². The Kier molecular flexibility index (Phi) is 3.11. The van der Waals surface area contributed by atoms with Crippen molar-refractivity contribution < 1.29 is 9.84 Å². The molecule has 0 spiro atoms. The summed E-state index contributed by atoms with van der Waals surface area (Å²) in [6.07, 6.45) is 3.22. The Labute approximate surface area is 106 Å². The van der Waals surface area contributed by atoms with E-state index in [9.17, 15) is 5.11 Å². The highest BCUT2D eigenvalue weighted by atomic mass is 35.5.